The highest BCUT2D eigenvalue weighted by Gasteiger charge is 2.25. The van der Waals surface area contributed by atoms with Gasteiger partial charge in [-0.05, 0) is 49.3 Å². The molecule has 1 saturated carbocycles. The lowest BCUT2D eigenvalue weighted by Crippen LogP contribution is -2.08. The highest BCUT2D eigenvalue weighted by molar-refractivity contribution is 5.80. The van der Waals surface area contributed by atoms with Crippen molar-refractivity contribution >= 4 is 5.97 Å². The fourth-order valence-corrected chi connectivity index (χ4v) is 3.40. The minimum absolute atomic E-state index is 0.535. The zero-order valence-corrected chi connectivity index (χ0v) is 14.9. The average Bonchev–Trinajstić information content (AvgIpc) is 3.44. The van der Waals surface area contributed by atoms with Crippen molar-refractivity contribution in [3.8, 4) is 22.5 Å². The van der Waals surface area contributed by atoms with Crippen LogP contribution in [0.2, 0.25) is 0 Å². The van der Waals surface area contributed by atoms with Gasteiger partial charge in [0.25, 0.3) is 0 Å². The van der Waals surface area contributed by atoms with E-state index in [0.717, 1.165) is 17.0 Å². The predicted octanol–water partition coefficient (Wildman–Crippen LogP) is 5.38. The molecule has 2 aromatic carbocycles. The van der Waals surface area contributed by atoms with Crippen LogP contribution in [0.15, 0.2) is 53.1 Å². The van der Waals surface area contributed by atoms with Crippen molar-refractivity contribution in [1.29, 1.82) is 0 Å². The van der Waals surface area contributed by atoms with Gasteiger partial charge in [-0.15, -0.1) is 0 Å². The lowest BCUT2D eigenvalue weighted by Gasteiger charge is -2.08. The second-order valence-corrected chi connectivity index (χ2v) is 7.04. The molecule has 4 rings (SSSR count). The van der Waals surface area contributed by atoms with E-state index in [2.05, 4.69) is 29.4 Å². The summed E-state index contributed by atoms with van der Waals surface area (Å²) in [6, 6.07) is 16.8. The van der Waals surface area contributed by atoms with E-state index in [1.165, 1.54) is 24.0 Å². The van der Waals surface area contributed by atoms with E-state index in [0.29, 0.717) is 17.0 Å². The van der Waals surface area contributed by atoms with Crippen LogP contribution in [0.1, 0.15) is 48.4 Å². The van der Waals surface area contributed by atoms with Crippen molar-refractivity contribution in [2.45, 2.75) is 38.5 Å². The molecule has 0 aliphatic heterocycles. The van der Waals surface area contributed by atoms with Crippen molar-refractivity contribution in [2.75, 3.05) is 0 Å². The monoisotopic (exact) mass is 347 g/mol. The zero-order valence-electron chi connectivity index (χ0n) is 14.9. The van der Waals surface area contributed by atoms with Crippen LogP contribution in [-0.2, 0) is 4.79 Å². The quantitative estimate of drug-likeness (QED) is 0.673. The average molecular weight is 347 g/mol. The Balaban J connectivity index is 1.63. The highest BCUT2D eigenvalue weighted by atomic mass is 16.5. The number of benzene rings is 2. The van der Waals surface area contributed by atoms with Crippen LogP contribution >= 0.6 is 0 Å². The van der Waals surface area contributed by atoms with E-state index in [1.54, 1.807) is 13.8 Å². The van der Waals surface area contributed by atoms with Crippen molar-refractivity contribution in [3.05, 3.63) is 65.4 Å². The minimum Gasteiger partial charge on any atom is -0.481 e. The third-order valence-electron chi connectivity index (χ3n) is 5.15. The van der Waals surface area contributed by atoms with Gasteiger partial charge >= 0.3 is 5.97 Å². The summed E-state index contributed by atoms with van der Waals surface area (Å²) < 4.78 is 5.43. The largest absolute Gasteiger partial charge is 0.481 e. The highest BCUT2D eigenvalue weighted by Crippen LogP contribution is 2.40. The summed E-state index contributed by atoms with van der Waals surface area (Å²) in [5.74, 6) is -0.250. The van der Waals surface area contributed by atoms with Crippen molar-refractivity contribution in [2.24, 2.45) is 0 Å². The second-order valence-electron chi connectivity index (χ2n) is 7.04. The Morgan fingerprint density at radius 2 is 1.58 bits per heavy atom. The fraction of sp³-hybridized carbons (Fsp3) is 0.273. The van der Waals surface area contributed by atoms with Crippen LogP contribution in [0.5, 0.6) is 0 Å². The van der Waals surface area contributed by atoms with E-state index in [-0.39, 0.29) is 0 Å². The Kier molecular flexibility index (Phi) is 4.11. The molecular weight excluding hydrogens is 326 g/mol. The maximum atomic E-state index is 11.4. The summed E-state index contributed by atoms with van der Waals surface area (Å²) >= 11 is 0. The third kappa shape index (κ3) is 3.03. The molecule has 0 bridgehead atoms. The van der Waals surface area contributed by atoms with Crippen LogP contribution in [-0.4, -0.2) is 16.2 Å². The van der Waals surface area contributed by atoms with E-state index < -0.39 is 11.9 Å². The van der Waals surface area contributed by atoms with Crippen molar-refractivity contribution < 1.29 is 14.4 Å². The molecular formula is C22H21NO3. The van der Waals surface area contributed by atoms with Crippen LogP contribution in [0, 0.1) is 6.92 Å². The van der Waals surface area contributed by atoms with Crippen LogP contribution in [0.4, 0.5) is 0 Å². The SMILES string of the molecule is Cc1noc(-c2ccc(-c3ccc(C4CC4)cc3)cc2)c1C(C)C(=O)O. The molecule has 1 unspecified atom stereocenters. The maximum absolute atomic E-state index is 11.4. The van der Waals surface area contributed by atoms with E-state index in [4.69, 9.17) is 4.52 Å². The molecule has 1 fully saturated rings. The molecule has 1 heterocycles. The van der Waals surface area contributed by atoms with Gasteiger partial charge in [-0.3, -0.25) is 4.79 Å². The van der Waals surface area contributed by atoms with Gasteiger partial charge in [0, 0.05) is 11.1 Å². The lowest BCUT2D eigenvalue weighted by molar-refractivity contribution is -0.138. The summed E-state index contributed by atoms with van der Waals surface area (Å²) in [5, 5.41) is 13.3. The van der Waals surface area contributed by atoms with E-state index >= 15 is 0 Å². The molecule has 26 heavy (non-hydrogen) atoms. The number of aromatic nitrogens is 1. The number of rotatable bonds is 5. The summed E-state index contributed by atoms with van der Waals surface area (Å²) in [7, 11) is 0. The minimum atomic E-state index is -0.884. The number of carbonyl (C=O) groups is 1. The van der Waals surface area contributed by atoms with Gasteiger partial charge in [-0.1, -0.05) is 53.7 Å². The summed E-state index contributed by atoms with van der Waals surface area (Å²) in [4.78, 5) is 11.4. The lowest BCUT2D eigenvalue weighted by atomic mass is 9.95. The molecule has 1 atom stereocenters. The Labute approximate surface area is 152 Å². The molecule has 1 aromatic heterocycles. The number of hydrogen-bond acceptors (Lipinski definition) is 3. The summed E-state index contributed by atoms with van der Waals surface area (Å²) in [6.07, 6.45) is 2.61. The summed E-state index contributed by atoms with van der Waals surface area (Å²) in [6.45, 7) is 3.43. The van der Waals surface area contributed by atoms with Crippen molar-refractivity contribution in [3.63, 3.8) is 0 Å². The first-order valence-corrected chi connectivity index (χ1v) is 8.94. The van der Waals surface area contributed by atoms with Gasteiger partial charge in [0.2, 0.25) is 0 Å². The molecule has 4 heteroatoms. The molecule has 0 saturated heterocycles. The Morgan fingerprint density at radius 1 is 1.04 bits per heavy atom. The van der Waals surface area contributed by atoms with Gasteiger partial charge in [0.15, 0.2) is 5.76 Å². The molecule has 132 valence electrons. The first-order chi connectivity index (χ1) is 12.5. The van der Waals surface area contributed by atoms with E-state index in [1.807, 2.05) is 24.3 Å². The number of aryl methyl sites for hydroxylation is 1. The molecule has 0 amide bonds. The number of aliphatic carboxylic acids is 1. The number of carboxylic acids is 1. The molecule has 1 N–H and O–H groups in total. The number of hydrogen-bond donors (Lipinski definition) is 1. The molecule has 0 spiro atoms. The number of nitrogens with zero attached hydrogens (tertiary/aromatic N) is 1. The molecule has 1 aliphatic carbocycles. The smallest absolute Gasteiger partial charge is 0.310 e. The first-order valence-electron chi connectivity index (χ1n) is 8.94. The Bertz CT molecular complexity index is 935. The van der Waals surface area contributed by atoms with Crippen LogP contribution < -0.4 is 0 Å². The first kappa shape index (κ1) is 16.6. The zero-order chi connectivity index (χ0) is 18.3. The second kappa shape index (κ2) is 6.45. The molecule has 1 aliphatic rings. The maximum Gasteiger partial charge on any atom is 0.310 e. The summed E-state index contributed by atoms with van der Waals surface area (Å²) in [5.41, 5.74) is 5.82. The topological polar surface area (TPSA) is 63.3 Å². The van der Waals surface area contributed by atoms with Gasteiger partial charge < -0.3 is 9.63 Å². The fourth-order valence-electron chi connectivity index (χ4n) is 3.40. The molecule has 3 aromatic rings. The van der Waals surface area contributed by atoms with Gasteiger partial charge in [-0.25, -0.2) is 0 Å². The Morgan fingerprint density at radius 3 is 2.12 bits per heavy atom. The van der Waals surface area contributed by atoms with Crippen LogP contribution in [0.25, 0.3) is 22.5 Å². The molecule has 4 nitrogen and oxygen atoms in total. The van der Waals surface area contributed by atoms with Gasteiger partial charge in [0.1, 0.15) is 0 Å². The molecule has 0 radical (unpaired) electrons. The normalized spacial score (nSPS) is 15.0. The van der Waals surface area contributed by atoms with Crippen molar-refractivity contribution in [1.82, 2.24) is 5.16 Å². The van der Waals surface area contributed by atoms with Crippen LogP contribution in [0.3, 0.4) is 0 Å². The number of carboxylic acid groups (broad SMARTS) is 1. The standard InChI is InChI=1S/C22H21NO3/c1-13(22(24)25)20-14(2)23-26-21(20)19-11-9-18(10-12-19)17-7-5-16(6-8-17)15-3-4-15/h5-13,15H,3-4H2,1-2H3,(H,24,25). The van der Waals surface area contributed by atoms with Gasteiger partial charge in [-0.2, -0.15) is 0 Å². The Hall–Kier alpha value is -2.88. The predicted molar refractivity (Wildman–Crippen MR) is 100 cm³/mol. The third-order valence-corrected chi connectivity index (χ3v) is 5.15. The van der Waals surface area contributed by atoms with E-state index in [9.17, 15) is 9.90 Å². The van der Waals surface area contributed by atoms with Gasteiger partial charge in [0.05, 0.1) is 11.6 Å².